The molecule has 0 aliphatic heterocycles. The minimum Gasteiger partial charge on any atom is -0.491 e. The minimum atomic E-state index is -0.340. The van der Waals surface area contributed by atoms with E-state index in [9.17, 15) is 4.79 Å². The molecule has 0 fully saturated rings. The Labute approximate surface area is 134 Å². The number of hydrogen-bond acceptors (Lipinski definition) is 5. The van der Waals surface area contributed by atoms with E-state index in [-0.39, 0.29) is 11.1 Å². The fourth-order valence-corrected chi connectivity index (χ4v) is 2.04. The fourth-order valence-electron chi connectivity index (χ4n) is 1.83. The highest BCUT2D eigenvalue weighted by Crippen LogP contribution is 2.32. The van der Waals surface area contributed by atoms with Crippen LogP contribution in [0.1, 0.15) is 24.2 Å². The second-order valence-electron chi connectivity index (χ2n) is 5.12. The molecule has 0 saturated heterocycles. The third-order valence-electron chi connectivity index (χ3n) is 2.91. The predicted octanol–water partition coefficient (Wildman–Crippen LogP) is 3.62. The van der Waals surface area contributed by atoms with Crippen molar-refractivity contribution in [2.45, 2.75) is 13.8 Å². The van der Waals surface area contributed by atoms with E-state index >= 15 is 0 Å². The van der Waals surface area contributed by atoms with Crippen LogP contribution in [-0.4, -0.2) is 29.7 Å². The largest absolute Gasteiger partial charge is 0.491 e. The van der Waals surface area contributed by atoms with E-state index in [0.29, 0.717) is 29.5 Å². The third kappa shape index (κ3) is 3.74. The lowest BCUT2D eigenvalue weighted by molar-refractivity contribution is 0.0459. The number of methoxy groups -OCH3 is 1. The summed E-state index contributed by atoms with van der Waals surface area (Å²) in [5.41, 5.74) is 1.84. The summed E-state index contributed by atoms with van der Waals surface area (Å²) < 4.78 is 10.4. The summed E-state index contributed by atoms with van der Waals surface area (Å²) in [5.74, 6) is 0.364. The molecule has 1 heterocycles. The van der Waals surface area contributed by atoms with Crippen molar-refractivity contribution < 1.29 is 14.3 Å². The number of benzene rings is 1. The zero-order valence-electron chi connectivity index (χ0n) is 12.7. The molecule has 0 aliphatic carbocycles. The molecule has 1 aromatic carbocycles. The van der Waals surface area contributed by atoms with Crippen LogP contribution < -0.4 is 4.74 Å². The van der Waals surface area contributed by atoms with Gasteiger partial charge < -0.3 is 9.47 Å². The number of carbonyl (C=O) groups excluding carboxylic acids is 1. The number of nitrogens with zero attached hydrogens (tertiary/aromatic N) is 2. The van der Waals surface area contributed by atoms with Gasteiger partial charge in [0.05, 0.1) is 19.3 Å². The SMILES string of the molecule is COc1c(Cl)ncnc1-c1ccc(C(=O)OCC(C)C)cc1. The third-order valence-corrected chi connectivity index (χ3v) is 3.18. The summed E-state index contributed by atoms with van der Waals surface area (Å²) in [7, 11) is 1.51. The molecule has 6 heteroatoms. The van der Waals surface area contributed by atoms with Crippen LogP contribution in [0.15, 0.2) is 30.6 Å². The standard InChI is InChI=1S/C16H17ClN2O3/c1-10(2)8-22-16(20)12-6-4-11(5-7-12)13-14(21-3)15(17)19-9-18-13/h4-7,9-10H,8H2,1-3H3. The summed E-state index contributed by atoms with van der Waals surface area (Å²) in [6, 6.07) is 6.92. The lowest BCUT2D eigenvalue weighted by Crippen LogP contribution is -2.10. The van der Waals surface area contributed by atoms with E-state index in [1.54, 1.807) is 24.3 Å². The molecule has 1 aromatic heterocycles. The molecule has 0 radical (unpaired) electrons. The Bertz CT molecular complexity index is 657. The number of rotatable bonds is 5. The van der Waals surface area contributed by atoms with Gasteiger partial charge in [0.25, 0.3) is 0 Å². The van der Waals surface area contributed by atoms with E-state index in [2.05, 4.69) is 9.97 Å². The zero-order valence-corrected chi connectivity index (χ0v) is 13.4. The van der Waals surface area contributed by atoms with Gasteiger partial charge in [-0.15, -0.1) is 0 Å². The molecule has 0 aliphatic rings. The number of aromatic nitrogens is 2. The van der Waals surface area contributed by atoms with Crippen molar-refractivity contribution in [3.05, 3.63) is 41.3 Å². The van der Waals surface area contributed by atoms with E-state index in [0.717, 1.165) is 5.56 Å². The van der Waals surface area contributed by atoms with E-state index in [1.807, 2.05) is 13.8 Å². The highest BCUT2D eigenvalue weighted by Gasteiger charge is 2.14. The second kappa shape index (κ2) is 7.22. The van der Waals surface area contributed by atoms with Crippen LogP contribution in [0.5, 0.6) is 5.75 Å². The average molecular weight is 321 g/mol. The van der Waals surface area contributed by atoms with Gasteiger partial charge >= 0.3 is 5.97 Å². The first-order valence-corrected chi connectivity index (χ1v) is 7.22. The monoisotopic (exact) mass is 320 g/mol. The van der Waals surface area contributed by atoms with Crippen LogP contribution in [-0.2, 0) is 4.74 Å². The van der Waals surface area contributed by atoms with Crippen molar-refractivity contribution in [3.63, 3.8) is 0 Å². The number of hydrogen-bond donors (Lipinski definition) is 0. The van der Waals surface area contributed by atoms with Gasteiger partial charge in [-0.1, -0.05) is 37.6 Å². The quantitative estimate of drug-likeness (QED) is 0.622. The van der Waals surface area contributed by atoms with Gasteiger partial charge in [0, 0.05) is 5.56 Å². The van der Waals surface area contributed by atoms with Gasteiger partial charge in [0.2, 0.25) is 0 Å². The van der Waals surface area contributed by atoms with Gasteiger partial charge in [-0.05, 0) is 18.1 Å². The van der Waals surface area contributed by atoms with E-state index in [1.165, 1.54) is 13.4 Å². The Morgan fingerprint density at radius 1 is 1.23 bits per heavy atom. The molecular weight excluding hydrogens is 304 g/mol. The highest BCUT2D eigenvalue weighted by molar-refractivity contribution is 6.31. The Kier molecular flexibility index (Phi) is 5.33. The Morgan fingerprint density at radius 3 is 2.50 bits per heavy atom. The van der Waals surface area contributed by atoms with Crippen LogP contribution in [0.25, 0.3) is 11.3 Å². The Balaban J connectivity index is 2.22. The van der Waals surface area contributed by atoms with Gasteiger partial charge in [0.15, 0.2) is 10.9 Å². The van der Waals surface area contributed by atoms with Crippen molar-refractivity contribution in [3.8, 4) is 17.0 Å². The lowest BCUT2D eigenvalue weighted by atomic mass is 10.1. The molecule has 2 aromatic rings. The van der Waals surface area contributed by atoms with E-state index in [4.69, 9.17) is 21.1 Å². The van der Waals surface area contributed by atoms with Crippen molar-refractivity contribution in [2.75, 3.05) is 13.7 Å². The van der Waals surface area contributed by atoms with Crippen molar-refractivity contribution >= 4 is 17.6 Å². The van der Waals surface area contributed by atoms with Crippen LogP contribution >= 0.6 is 11.6 Å². The van der Waals surface area contributed by atoms with Crippen molar-refractivity contribution in [1.29, 1.82) is 0 Å². The van der Waals surface area contributed by atoms with Gasteiger partial charge in [-0.25, -0.2) is 14.8 Å². The maximum atomic E-state index is 11.9. The van der Waals surface area contributed by atoms with Crippen LogP contribution in [0.3, 0.4) is 0 Å². The van der Waals surface area contributed by atoms with Crippen molar-refractivity contribution in [1.82, 2.24) is 9.97 Å². The summed E-state index contributed by atoms with van der Waals surface area (Å²) in [6.07, 6.45) is 1.37. The molecule has 116 valence electrons. The maximum absolute atomic E-state index is 11.9. The van der Waals surface area contributed by atoms with Gasteiger partial charge in [-0.3, -0.25) is 0 Å². The lowest BCUT2D eigenvalue weighted by Gasteiger charge is -2.09. The number of ether oxygens (including phenoxy) is 2. The maximum Gasteiger partial charge on any atom is 0.338 e. The minimum absolute atomic E-state index is 0.243. The normalized spacial score (nSPS) is 10.6. The predicted molar refractivity (Wildman–Crippen MR) is 84.2 cm³/mol. The summed E-state index contributed by atoms with van der Waals surface area (Å²) in [6.45, 7) is 4.37. The smallest absolute Gasteiger partial charge is 0.338 e. The summed E-state index contributed by atoms with van der Waals surface area (Å²) in [4.78, 5) is 19.9. The average Bonchev–Trinajstić information content (AvgIpc) is 2.52. The van der Waals surface area contributed by atoms with Crippen LogP contribution in [0.4, 0.5) is 0 Å². The number of esters is 1. The van der Waals surface area contributed by atoms with Crippen LogP contribution in [0, 0.1) is 5.92 Å². The van der Waals surface area contributed by atoms with E-state index < -0.39 is 0 Å². The van der Waals surface area contributed by atoms with Gasteiger partial charge in [-0.2, -0.15) is 0 Å². The van der Waals surface area contributed by atoms with Crippen molar-refractivity contribution in [2.24, 2.45) is 5.92 Å². The molecule has 0 unspecified atom stereocenters. The van der Waals surface area contributed by atoms with Crippen LogP contribution in [0.2, 0.25) is 5.15 Å². The summed E-state index contributed by atoms with van der Waals surface area (Å²) >= 11 is 5.98. The zero-order chi connectivity index (χ0) is 16.1. The molecule has 0 atom stereocenters. The number of halogens is 1. The molecule has 0 amide bonds. The second-order valence-corrected chi connectivity index (χ2v) is 5.47. The first kappa shape index (κ1) is 16.2. The first-order valence-electron chi connectivity index (χ1n) is 6.85. The summed E-state index contributed by atoms with van der Waals surface area (Å²) in [5, 5.41) is 0.243. The fraction of sp³-hybridized carbons (Fsp3) is 0.312. The highest BCUT2D eigenvalue weighted by atomic mass is 35.5. The molecule has 5 nitrogen and oxygen atoms in total. The molecule has 0 bridgehead atoms. The Hall–Kier alpha value is -2.14. The topological polar surface area (TPSA) is 61.3 Å². The molecule has 0 N–H and O–H groups in total. The van der Waals surface area contributed by atoms with Gasteiger partial charge in [0.1, 0.15) is 12.0 Å². The molecular formula is C16H17ClN2O3. The molecule has 0 saturated carbocycles. The number of carbonyl (C=O) groups is 1. The molecule has 0 spiro atoms. The molecule has 22 heavy (non-hydrogen) atoms. The Morgan fingerprint density at radius 2 is 1.91 bits per heavy atom. The molecule has 2 rings (SSSR count). The first-order chi connectivity index (χ1) is 10.5.